The quantitative estimate of drug-likeness (QED) is 0.620. The molecule has 0 N–H and O–H groups in total. The van der Waals surface area contributed by atoms with Gasteiger partial charge in [-0.2, -0.15) is 0 Å². The predicted molar refractivity (Wildman–Crippen MR) is 47.5 cm³/mol. The third kappa shape index (κ3) is 3.86. The predicted octanol–water partition coefficient (Wildman–Crippen LogP) is 2.59. The molecule has 0 atom stereocenters. The van der Waals surface area contributed by atoms with Crippen molar-refractivity contribution < 1.29 is 9.18 Å². The number of carbonyl (C=O) groups is 1. The number of benzene rings is 1. The summed E-state index contributed by atoms with van der Waals surface area (Å²) in [6.45, 7) is 4.00. The molecule has 0 heterocycles. The van der Waals surface area contributed by atoms with Crippen molar-refractivity contribution in [1.82, 2.24) is 0 Å². The Morgan fingerprint density at radius 3 is 2.58 bits per heavy atom. The van der Waals surface area contributed by atoms with Gasteiger partial charge in [0.2, 0.25) is 0 Å². The van der Waals surface area contributed by atoms with Crippen LogP contribution in [0, 0.1) is 5.82 Å². The van der Waals surface area contributed by atoms with Crippen molar-refractivity contribution in [3.63, 3.8) is 0 Å². The van der Waals surface area contributed by atoms with E-state index in [2.05, 4.69) is 0 Å². The molecule has 0 unspecified atom stereocenters. The molecule has 1 nitrogen and oxygen atoms in total. The third-order valence-corrected chi connectivity index (χ3v) is 1.21. The summed E-state index contributed by atoms with van der Waals surface area (Å²) in [4.78, 5) is 9.96. The molecule has 1 rings (SSSR count). The lowest BCUT2D eigenvalue weighted by Gasteiger charge is -1.92. The standard InChI is InChI=1S/C8H7FO.C2H6/c9-8-3-1-2-7(6-8)4-5-10;1-2/h1-3,5-6H,4H2;1-2H3. The Bertz CT molecular complexity index is 233. The van der Waals surface area contributed by atoms with E-state index in [0.717, 1.165) is 11.8 Å². The fraction of sp³-hybridized carbons (Fsp3) is 0.300. The van der Waals surface area contributed by atoms with Crippen LogP contribution in [0.1, 0.15) is 19.4 Å². The maximum atomic E-state index is 12.4. The zero-order valence-corrected chi connectivity index (χ0v) is 7.38. The van der Waals surface area contributed by atoms with Crippen LogP contribution >= 0.6 is 0 Å². The van der Waals surface area contributed by atoms with Crippen molar-refractivity contribution in [3.8, 4) is 0 Å². The highest BCUT2D eigenvalue weighted by Gasteiger charge is 1.91. The van der Waals surface area contributed by atoms with E-state index >= 15 is 0 Å². The molecular weight excluding hydrogens is 155 g/mol. The van der Waals surface area contributed by atoms with E-state index in [4.69, 9.17) is 0 Å². The molecule has 66 valence electrons. The fourth-order valence-electron chi connectivity index (χ4n) is 0.760. The van der Waals surface area contributed by atoms with Crippen molar-refractivity contribution in [2.75, 3.05) is 0 Å². The van der Waals surface area contributed by atoms with E-state index in [9.17, 15) is 9.18 Å². The molecule has 0 radical (unpaired) electrons. The van der Waals surface area contributed by atoms with Gasteiger partial charge >= 0.3 is 0 Å². The van der Waals surface area contributed by atoms with E-state index in [1.807, 2.05) is 13.8 Å². The molecule has 1 aromatic carbocycles. The van der Waals surface area contributed by atoms with Gasteiger partial charge in [-0.15, -0.1) is 0 Å². The Kier molecular flexibility index (Phi) is 5.88. The lowest BCUT2D eigenvalue weighted by Crippen LogP contribution is -1.85. The number of halogens is 1. The Morgan fingerprint density at radius 1 is 1.42 bits per heavy atom. The summed E-state index contributed by atoms with van der Waals surface area (Å²) in [6, 6.07) is 6.02. The first-order chi connectivity index (χ1) is 5.83. The van der Waals surface area contributed by atoms with E-state index in [0.29, 0.717) is 0 Å². The third-order valence-electron chi connectivity index (χ3n) is 1.21. The first-order valence-corrected chi connectivity index (χ1v) is 4.01. The summed E-state index contributed by atoms with van der Waals surface area (Å²) in [5.74, 6) is -0.292. The number of carbonyl (C=O) groups excluding carboxylic acids is 1. The molecule has 0 aliphatic rings. The summed E-state index contributed by atoms with van der Waals surface area (Å²) in [5, 5.41) is 0. The van der Waals surface area contributed by atoms with Gasteiger partial charge in [-0.1, -0.05) is 26.0 Å². The highest BCUT2D eigenvalue weighted by atomic mass is 19.1. The average molecular weight is 168 g/mol. The minimum absolute atomic E-state index is 0.289. The number of hydrogen-bond donors (Lipinski definition) is 0. The van der Waals surface area contributed by atoms with Crippen LogP contribution in [0.3, 0.4) is 0 Å². The van der Waals surface area contributed by atoms with Crippen LogP contribution in [0.5, 0.6) is 0 Å². The van der Waals surface area contributed by atoms with Crippen molar-refractivity contribution in [3.05, 3.63) is 35.6 Å². The molecule has 0 amide bonds. The lowest BCUT2D eigenvalue weighted by atomic mass is 10.2. The molecule has 0 bridgehead atoms. The van der Waals surface area contributed by atoms with Gasteiger partial charge in [-0.3, -0.25) is 0 Å². The van der Waals surface area contributed by atoms with Crippen molar-refractivity contribution in [2.24, 2.45) is 0 Å². The number of aldehydes is 1. The molecule has 0 spiro atoms. The number of hydrogen-bond acceptors (Lipinski definition) is 1. The molecule has 0 fully saturated rings. The molecular formula is C10H13FO. The largest absolute Gasteiger partial charge is 0.303 e. The first kappa shape index (κ1) is 10.8. The van der Waals surface area contributed by atoms with E-state index in [-0.39, 0.29) is 12.2 Å². The van der Waals surface area contributed by atoms with Crippen LogP contribution in [0.2, 0.25) is 0 Å². The molecule has 0 aliphatic heterocycles. The molecule has 0 aromatic heterocycles. The summed E-state index contributed by atoms with van der Waals surface area (Å²) in [7, 11) is 0. The normalized spacial score (nSPS) is 8.25. The van der Waals surface area contributed by atoms with Crippen molar-refractivity contribution >= 4 is 6.29 Å². The summed E-state index contributed by atoms with van der Waals surface area (Å²) >= 11 is 0. The second-order valence-electron chi connectivity index (χ2n) is 2.00. The Balaban J connectivity index is 0.000000561. The monoisotopic (exact) mass is 168 g/mol. The van der Waals surface area contributed by atoms with Gasteiger partial charge in [0, 0.05) is 6.42 Å². The summed E-state index contributed by atoms with van der Waals surface area (Å²) in [6.07, 6.45) is 1.05. The second kappa shape index (κ2) is 6.53. The van der Waals surface area contributed by atoms with E-state index in [1.165, 1.54) is 12.1 Å². The maximum absolute atomic E-state index is 12.4. The Morgan fingerprint density at radius 2 is 2.08 bits per heavy atom. The second-order valence-corrected chi connectivity index (χ2v) is 2.00. The van der Waals surface area contributed by atoms with Crippen LogP contribution < -0.4 is 0 Å². The van der Waals surface area contributed by atoms with Crippen LogP contribution in [0.4, 0.5) is 4.39 Å². The van der Waals surface area contributed by atoms with Crippen LogP contribution in [0.15, 0.2) is 24.3 Å². The number of rotatable bonds is 2. The van der Waals surface area contributed by atoms with Gasteiger partial charge < -0.3 is 4.79 Å². The maximum Gasteiger partial charge on any atom is 0.124 e. The van der Waals surface area contributed by atoms with Crippen molar-refractivity contribution in [1.29, 1.82) is 0 Å². The molecule has 1 aromatic rings. The van der Waals surface area contributed by atoms with E-state index in [1.54, 1.807) is 12.1 Å². The van der Waals surface area contributed by atoms with E-state index < -0.39 is 0 Å². The zero-order chi connectivity index (χ0) is 9.40. The zero-order valence-electron chi connectivity index (χ0n) is 7.38. The average Bonchev–Trinajstić information content (AvgIpc) is 2.09. The minimum atomic E-state index is -0.292. The van der Waals surface area contributed by atoms with Gasteiger partial charge in [-0.05, 0) is 17.7 Å². The topological polar surface area (TPSA) is 17.1 Å². The fourth-order valence-corrected chi connectivity index (χ4v) is 0.760. The lowest BCUT2D eigenvalue weighted by molar-refractivity contribution is -0.107. The SMILES string of the molecule is CC.O=CCc1cccc(F)c1. The highest BCUT2D eigenvalue weighted by molar-refractivity contribution is 5.54. The first-order valence-electron chi connectivity index (χ1n) is 4.01. The molecule has 0 saturated heterocycles. The van der Waals surface area contributed by atoms with Crippen LogP contribution in [-0.2, 0) is 11.2 Å². The summed E-state index contributed by atoms with van der Waals surface area (Å²) < 4.78 is 12.4. The van der Waals surface area contributed by atoms with Gasteiger partial charge in [0.05, 0.1) is 0 Å². The Labute approximate surface area is 72.2 Å². The smallest absolute Gasteiger partial charge is 0.124 e. The van der Waals surface area contributed by atoms with Gasteiger partial charge in [0.1, 0.15) is 12.1 Å². The molecule has 0 aliphatic carbocycles. The van der Waals surface area contributed by atoms with Crippen LogP contribution in [-0.4, -0.2) is 6.29 Å². The molecule has 12 heavy (non-hydrogen) atoms. The van der Waals surface area contributed by atoms with Gasteiger partial charge in [-0.25, -0.2) is 4.39 Å². The molecule has 0 saturated carbocycles. The minimum Gasteiger partial charge on any atom is -0.303 e. The highest BCUT2D eigenvalue weighted by Crippen LogP contribution is 2.02. The van der Waals surface area contributed by atoms with Gasteiger partial charge in [0.25, 0.3) is 0 Å². The Hall–Kier alpha value is -1.18. The molecule has 2 heteroatoms. The summed E-state index contributed by atoms with van der Waals surface area (Å²) in [5.41, 5.74) is 0.718. The van der Waals surface area contributed by atoms with Crippen molar-refractivity contribution in [2.45, 2.75) is 20.3 Å². The van der Waals surface area contributed by atoms with Gasteiger partial charge in [0.15, 0.2) is 0 Å². The van der Waals surface area contributed by atoms with Crippen LogP contribution in [0.25, 0.3) is 0 Å².